The average Bonchev–Trinajstić information content (AvgIpc) is 3.30. The summed E-state index contributed by atoms with van der Waals surface area (Å²) in [7, 11) is 1.91. The molecule has 0 spiro atoms. The van der Waals surface area contributed by atoms with Crippen LogP contribution < -0.4 is 5.32 Å². The van der Waals surface area contributed by atoms with E-state index in [1.807, 2.05) is 11.9 Å². The summed E-state index contributed by atoms with van der Waals surface area (Å²) in [5.41, 5.74) is 0.860. The second-order valence-electron chi connectivity index (χ2n) is 7.26. The van der Waals surface area contributed by atoms with Crippen molar-refractivity contribution >= 4 is 22.8 Å². The van der Waals surface area contributed by atoms with E-state index in [-0.39, 0.29) is 12.0 Å². The van der Waals surface area contributed by atoms with Crippen LogP contribution in [0.3, 0.4) is 0 Å². The van der Waals surface area contributed by atoms with Crippen molar-refractivity contribution in [2.45, 2.75) is 44.6 Å². The van der Waals surface area contributed by atoms with Gasteiger partial charge in [0.15, 0.2) is 5.65 Å². The van der Waals surface area contributed by atoms with Crippen molar-refractivity contribution in [3.63, 3.8) is 0 Å². The molecule has 2 aliphatic rings. The van der Waals surface area contributed by atoms with E-state index in [4.69, 9.17) is 14.7 Å². The molecule has 0 radical (unpaired) electrons. The number of morpholine rings is 1. The number of fused-ring (bicyclic) bond motifs is 1. The van der Waals surface area contributed by atoms with Crippen LogP contribution >= 0.6 is 0 Å². The molecule has 140 valence electrons. The zero-order valence-corrected chi connectivity index (χ0v) is 15.4. The molecule has 2 fully saturated rings. The normalized spacial score (nSPS) is 21.5. The van der Waals surface area contributed by atoms with Crippen molar-refractivity contribution in [1.29, 1.82) is 0 Å². The lowest BCUT2D eigenvalue weighted by Gasteiger charge is -2.32. The number of aryl methyl sites for hydroxylation is 1. The highest BCUT2D eigenvalue weighted by Gasteiger charge is 2.24. The van der Waals surface area contributed by atoms with Crippen molar-refractivity contribution in [3.05, 3.63) is 12.0 Å². The van der Waals surface area contributed by atoms with Crippen LogP contribution in [0.15, 0.2) is 6.20 Å². The number of amides is 1. The SMILES string of the molecule is CC(=O)N1CCO[C@H](CNc2nc(C3CCCC3)nc3c2cnn3C)C1. The summed E-state index contributed by atoms with van der Waals surface area (Å²) >= 11 is 0. The molecule has 2 aromatic heterocycles. The van der Waals surface area contributed by atoms with Crippen molar-refractivity contribution in [2.75, 3.05) is 31.6 Å². The van der Waals surface area contributed by atoms with E-state index in [2.05, 4.69) is 10.4 Å². The third-order valence-electron chi connectivity index (χ3n) is 5.41. The molecule has 8 nitrogen and oxygen atoms in total. The zero-order valence-electron chi connectivity index (χ0n) is 15.4. The van der Waals surface area contributed by atoms with Gasteiger partial charge in [-0.3, -0.25) is 9.48 Å². The second-order valence-corrected chi connectivity index (χ2v) is 7.26. The second kappa shape index (κ2) is 7.19. The Morgan fingerprint density at radius 1 is 1.35 bits per heavy atom. The van der Waals surface area contributed by atoms with Crippen molar-refractivity contribution in [2.24, 2.45) is 7.05 Å². The van der Waals surface area contributed by atoms with E-state index in [1.54, 1.807) is 17.8 Å². The zero-order chi connectivity index (χ0) is 18.1. The lowest BCUT2D eigenvalue weighted by atomic mass is 10.1. The molecule has 1 aliphatic heterocycles. The number of rotatable bonds is 4. The van der Waals surface area contributed by atoms with E-state index in [9.17, 15) is 4.79 Å². The number of aromatic nitrogens is 4. The number of carbonyl (C=O) groups excluding carboxylic acids is 1. The average molecular weight is 358 g/mol. The molecule has 1 aliphatic carbocycles. The minimum atomic E-state index is -0.0377. The van der Waals surface area contributed by atoms with Crippen LogP contribution in [-0.2, 0) is 16.6 Å². The maximum atomic E-state index is 11.6. The summed E-state index contributed by atoms with van der Waals surface area (Å²) in [6, 6.07) is 0. The Morgan fingerprint density at radius 2 is 2.15 bits per heavy atom. The van der Waals surface area contributed by atoms with Gasteiger partial charge < -0.3 is 15.0 Å². The van der Waals surface area contributed by atoms with E-state index >= 15 is 0 Å². The van der Waals surface area contributed by atoms with Crippen LogP contribution in [0.4, 0.5) is 5.82 Å². The summed E-state index contributed by atoms with van der Waals surface area (Å²) in [5.74, 6) is 2.26. The van der Waals surface area contributed by atoms with Crippen molar-refractivity contribution in [3.8, 4) is 0 Å². The van der Waals surface area contributed by atoms with Gasteiger partial charge in [-0.25, -0.2) is 9.97 Å². The first-order valence-corrected chi connectivity index (χ1v) is 9.42. The largest absolute Gasteiger partial charge is 0.373 e. The van der Waals surface area contributed by atoms with Gasteiger partial charge in [0.05, 0.1) is 24.3 Å². The van der Waals surface area contributed by atoms with Gasteiger partial charge in [0.2, 0.25) is 5.91 Å². The molecule has 1 saturated heterocycles. The highest BCUT2D eigenvalue weighted by molar-refractivity contribution is 5.86. The predicted molar refractivity (Wildman–Crippen MR) is 98.0 cm³/mol. The molecule has 1 atom stereocenters. The Morgan fingerprint density at radius 3 is 2.92 bits per heavy atom. The molecular weight excluding hydrogens is 332 g/mol. The number of nitrogens with one attached hydrogen (secondary N) is 1. The highest BCUT2D eigenvalue weighted by atomic mass is 16.5. The molecule has 2 aromatic rings. The number of carbonyl (C=O) groups is 1. The van der Waals surface area contributed by atoms with Crippen LogP contribution in [0.25, 0.3) is 11.0 Å². The van der Waals surface area contributed by atoms with Crippen molar-refractivity contribution in [1.82, 2.24) is 24.6 Å². The number of ether oxygens (including phenoxy) is 1. The first kappa shape index (κ1) is 17.2. The molecule has 3 heterocycles. The van der Waals surface area contributed by atoms with Gasteiger partial charge in [-0.05, 0) is 12.8 Å². The van der Waals surface area contributed by atoms with Gasteiger partial charge in [0.25, 0.3) is 0 Å². The topological polar surface area (TPSA) is 85.2 Å². The van der Waals surface area contributed by atoms with Gasteiger partial charge in [-0.15, -0.1) is 0 Å². The Labute approximate surface area is 152 Å². The molecule has 26 heavy (non-hydrogen) atoms. The fraction of sp³-hybridized carbons (Fsp3) is 0.667. The number of hydrogen-bond acceptors (Lipinski definition) is 6. The van der Waals surface area contributed by atoms with E-state index in [0.717, 1.165) is 35.5 Å². The van der Waals surface area contributed by atoms with Crippen LogP contribution in [0.1, 0.15) is 44.3 Å². The van der Waals surface area contributed by atoms with E-state index in [0.29, 0.717) is 32.2 Å². The minimum Gasteiger partial charge on any atom is -0.373 e. The molecule has 8 heteroatoms. The van der Waals surface area contributed by atoms with Crippen LogP contribution in [0.2, 0.25) is 0 Å². The lowest BCUT2D eigenvalue weighted by Crippen LogP contribution is -2.47. The summed E-state index contributed by atoms with van der Waals surface area (Å²) in [6.45, 7) is 4.06. The third kappa shape index (κ3) is 3.38. The smallest absolute Gasteiger partial charge is 0.219 e. The molecule has 0 bridgehead atoms. The van der Waals surface area contributed by atoms with Crippen molar-refractivity contribution < 1.29 is 9.53 Å². The molecule has 1 amide bonds. The van der Waals surface area contributed by atoms with Gasteiger partial charge in [-0.2, -0.15) is 5.10 Å². The van der Waals surface area contributed by atoms with Gasteiger partial charge in [0, 0.05) is 39.5 Å². The number of nitrogens with zero attached hydrogens (tertiary/aromatic N) is 5. The summed E-state index contributed by atoms with van der Waals surface area (Å²) < 4.78 is 7.61. The fourth-order valence-corrected chi connectivity index (χ4v) is 3.88. The molecule has 0 aromatic carbocycles. The maximum Gasteiger partial charge on any atom is 0.219 e. The van der Waals surface area contributed by atoms with Crippen LogP contribution in [0.5, 0.6) is 0 Å². The summed E-state index contributed by atoms with van der Waals surface area (Å²) in [4.78, 5) is 23.0. The first-order chi connectivity index (χ1) is 12.6. The molecule has 1 saturated carbocycles. The maximum absolute atomic E-state index is 11.6. The first-order valence-electron chi connectivity index (χ1n) is 9.42. The van der Waals surface area contributed by atoms with Gasteiger partial charge in [0.1, 0.15) is 11.6 Å². The highest BCUT2D eigenvalue weighted by Crippen LogP contribution is 2.34. The van der Waals surface area contributed by atoms with E-state index < -0.39 is 0 Å². The Balaban J connectivity index is 1.54. The quantitative estimate of drug-likeness (QED) is 0.895. The number of hydrogen-bond donors (Lipinski definition) is 1. The summed E-state index contributed by atoms with van der Waals surface area (Å²) in [5, 5.41) is 8.70. The van der Waals surface area contributed by atoms with Crippen LogP contribution in [-0.4, -0.2) is 62.9 Å². The number of anilines is 1. The van der Waals surface area contributed by atoms with Gasteiger partial charge in [-0.1, -0.05) is 12.8 Å². The Kier molecular flexibility index (Phi) is 4.76. The van der Waals surface area contributed by atoms with Crippen LogP contribution in [0, 0.1) is 0 Å². The standard InChI is InChI=1S/C18H26N6O2/c1-12(25)24-7-8-26-14(11-24)9-19-17-15-10-20-23(2)18(15)22-16(21-17)13-5-3-4-6-13/h10,13-14H,3-9,11H2,1-2H3,(H,19,21,22)/t14-/m1/s1. The Hall–Kier alpha value is -2.22. The monoisotopic (exact) mass is 358 g/mol. The third-order valence-corrected chi connectivity index (χ3v) is 5.41. The molecule has 0 unspecified atom stereocenters. The van der Waals surface area contributed by atoms with E-state index in [1.165, 1.54) is 12.8 Å². The van der Waals surface area contributed by atoms with Gasteiger partial charge >= 0.3 is 0 Å². The summed E-state index contributed by atoms with van der Waals surface area (Å²) in [6.07, 6.45) is 6.57. The molecular formula is C18H26N6O2. The minimum absolute atomic E-state index is 0.0377. The lowest BCUT2D eigenvalue weighted by molar-refractivity contribution is -0.135. The molecule has 4 rings (SSSR count). The Bertz CT molecular complexity index is 798. The fourth-order valence-electron chi connectivity index (χ4n) is 3.88. The molecule has 1 N–H and O–H groups in total. The predicted octanol–water partition coefficient (Wildman–Crippen LogP) is 1.68.